The molecule has 6 aliphatic rings. The Bertz CT molecular complexity index is 2700. The van der Waals surface area contributed by atoms with Gasteiger partial charge in [0.05, 0.1) is 26.8 Å². The number of hydrogen-bond donors (Lipinski definition) is 3. The van der Waals surface area contributed by atoms with Crippen LogP contribution >= 0.6 is 11.6 Å². The van der Waals surface area contributed by atoms with Crippen LogP contribution in [0.3, 0.4) is 0 Å². The molecular weight excluding hydrogens is 870 g/mol. The maximum atomic E-state index is 15.5. The summed E-state index contributed by atoms with van der Waals surface area (Å²) in [6, 6.07) is 18.6. The number of aliphatic hydroxyl groups is 1. The number of amides is 1. The highest BCUT2D eigenvalue weighted by Gasteiger charge is 2.78. The summed E-state index contributed by atoms with van der Waals surface area (Å²) in [5.74, 6) is -0.380. The average molecular weight is 933 g/mol. The summed E-state index contributed by atoms with van der Waals surface area (Å²) in [7, 11) is 5.08. The number of halogens is 1. The number of ether oxygens (including phenoxy) is 4. The van der Waals surface area contributed by atoms with E-state index in [0.29, 0.717) is 54.3 Å². The van der Waals surface area contributed by atoms with Gasteiger partial charge in [0.2, 0.25) is 0 Å². The van der Waals surface area contributed by atoms with E-state index in [1.54, 1.807) is 25.3 Å². The van der Waals surface area contributed by atoms with Crippen molar-refractivity contribution in [1.29, 1.82) is 0 Å². The van der Waals surface area contributed by atoms with Gasteiger partial charge in [-0.05, 0) is 85.5 Å². The van der Waals surface area contributed by atoms with E-state index in [1.807, 2.05) is 25.2 Å². The lowest BCUT2D eigenvalue weighted by atomic mass is 9.47. The maximum Gasteiger partial charge on any atom is 0.407 e. The van der Waals surface area contributed by atoms with Crippen LogP contribution in [-0.2, 0) is 47.7 Å². The number of para-hydroxylation sites is 1. The van der Waals surface area contributed by atoms with Crippen LogP contribution < -0.4 is 15.0 Å². The van der Waals surface area contributed by atoms with Gasteiger partial charge in [-0.3, -0.25) is 19.4 Å². The lowest BCUT2D eigenvalue weighted by Gasteiger charge is -2.64. The minimum atomic E-state index is -1.87. The van der Waals surface area contributed by atoms with Crippen molar-refractivity contribution >= 4 is 46.2 Å². The predicted molar refractivity (Wildman–Crippen MR) is 257 cm³/mol. The van der Waals surface area contributed by atoms with E-state index in [0.717, 1.165) is 65.9 Å². The monoisotopic (exact) mass is 931 g/mol. The fourth-order valence-electron chi connectivity index (χ4n) is 14.0. The summed E-state index contributed by atoms with van der Waals surface area (Å²) in [5.41, 5.74) is 2.48. The molecule has 67 heavy (non-hydrogen) atoms. The van der Waals surface area contributed by atoms with Gasteiger partial charge in [-0.25, -0.2) is 4.79 Å². The number of esters is 2. The van der Waals surface area contributed by atoms with Crippen molar-refractivity contribution in [3.63, 3.8) is 0 Å². The third kappa shape index (κ3) is 6.84. The number of H-pyrrole nitrogens is 1. The zero-order valence-corrected chi connectivity index (χ0v) is 40.1. The molecule has 9 atom stereocenters. The zero-order valence-electron chi connectivity index (χ0n) is 39.3. The van der Waals surface area contributed by atoms with E-state index in [-0.39, 0.29) is 31.1 Å². The molecule has 1 aromatic heterocycles. The molecule has 1 spiro atoms. The minimum absolute atomic E-state index is 0.0128. The Morgan fingerprint density at radius 2 is 1.84 bits per heavy atom. The number of likely N-dealkylation sites (N-methyl/N-ethyl adjacent to an activating group) is 1. The second-order valence-corrected chi connectivity index (χ2v) is 20.2. The van der Waals surface area contributed by atoms with Crippen LogP contribution in [0.1, 0.15) is 74.4 Å². The van der Waals surface area contributed by atoms with Gasteiger partial charge in [0, 0.05) is 96.0 Å². The van der Waals surface area contributed by atoms with Crippen LogP contribution in [0, 0.1) is 11.3 Å². The summed E-state index contributed by atoms with van der Waals surface area (Å²) in [4.78, 5) is 53.4. The van der Waals surface area contributed by atoms with Gasteiger partial charge in [-0.1, -0.05) is 79.6 Å². The molecule has 4 aromatic rings. The molecule has 2 fully saturated rings. The van der Waals surface area contributed by atoms with E-state index < -0.39 is 46.1 Å². The van der Waals surface area contributed by atoms with Crippen LogP contribution in [-0.4, -0.2) is 122 Å². The molecule has 6 heterocycles. The van der Waals surface area contributed by atoms with Crippen molar-refractivity contribution in [3.8, 4) is 5.75 Å². The van der Waals surface area contributed by atoms with Crippen molar-refractivity contribution in [2.75, 3.05) is 65.4 Å². The number of nitrogens with zero attached hydrogens (tertiary/aromatic N) is 3. The smallest absolute Gasteiger partial charge is 0.407 e. The first-order valence-electron chi connectivity index (χ1n) is 23.8. The lowest BCUT2D eigenvalue weighted by Crippen LogP contribution is -2.81. The van der Waals surface area contributed by atoms with Gasteiger partial charge in [-0.2, -0.15) is 0 Å². The highest BCUT2D eigenvalue weighted by atomic mass is 35.5. The molecule has 1 unspecified atom stereocenters. The van der Waals surface area contributed by atoms with Gasteiger partial charge < -0.3 is 39.3 Å². The van der Waals surface area contributed by atoms with Crippen LogP contribution in [0.15, 0.2) is 84.5 Å². The first kappa shape index (κ1) is 45.4. The molecule has 354 valence electrons. The van der Waals surface area contributed by atoms with Crippen LogP contribution in [0.5, 0.6) is 5.75 Å². The van der Waals surface area contributed by atoms with Gasteiger partial charge in [-0.15, -0.1) is 0 Å². The summed E-state index contributed by atoms with van der Waals surface area (Å²) < 4.78 is 24.6. The number of aromatic nitrogens is 1. The molecule has 3 aromatic carbocycles. The van der Waals surface area contributed by atoms with Crippen LogP contribution in [0.25, 0.3) is 10.9 Å². The number of methoxy groups -OCH3 is 2. The van der Waals surface area contributed by atoms with Gasteiger partial charge in [0.1, 0.15) is 29.5 Å². The van der Waals surface area contributed by atoms with Crippen LogP contribution in [0.2, 0.25) is 5.02 Å². The molecular formula is C53H62ClN5O8. The molecule has 1 saturated carbocycles. The third-order valence-electron chi connectivity index (χ3n) is 16.4. The molecule has 2 bridgehead atoms. The normalized spacial score (nSPS) is 31.6. The number of alkyl carbamates (subject to hydrolysis) is 1. The fraction of sp³-hybridized carbons (Fsp3) is 0.491. The molecule has 5 aliphatic heterocycles. The van der Waals surface area contributed by atoms with Gasteiger partial charge >= 0.3 is 18.0 Å². The third-order valence-corrected chi connectivity index (χ3v) is 16.7. The van der Waals surface area contributed by atoms with E-state index in [9.17, 15) is 14.7 Å². The van der Waals surface area contributed by atoms with E-state index >= 15 is 4.79 Å². The molecule has 10 rings (SSSR count). The van der Waals surface area contributed by atoms with Crippen molar-refractivity contribution in [1.82, 2.24) is 20.1 Å². The van der Waals surface area contributed by atoms with Gasteiger partial charge in [0.25, 0.3) is 0 Å². The number of nitrogens with one attached hydrogen (secondary N) is 2. The molecule has 0 radical (unpaired) electrons. The van der Waals surface area contributed by atoms with Gasteiger partial charge in [0.15, 0.2) is 0 Å². The summed E-state index contributed by atoms with van der Waals surface area (Å²) >= 11 is 6.23. The lowest BCUT2D eigenvalue weighted by molar-refractivity contribution is -0.217. The Kier molecular flexibility index (Phi) is 11.5. The Morgan fingerprint density at radius 1 is 1.01 bits per heavy atom. The summed E-state index contributed by atoms with van der Waals surface area (Å²) in [6.07, 6.45) is 8.08. The maximum absolute atomic E-state index is 15.5. The summed E-state index contributed by atoms with van der Waals surface area (Å²) in [5, 5.41) is 18.4. The first-order valence-corrected chi connectivity index (χ1v) is 24.2. The zero-order chi connectivity index (χ0) is 47.0. The topological polar surface area (TPSA) is 146 Å². The fourth-order valence-corrected chi connectivity index (χ4v) is 14.3. The second kappa shape index (κ2) is 17.0. The second-order valence-electron chi connectivity index (χ2n) is 19.7. The number of benzene rings is 3. The molecule has 14 heteroatoms. The Hall–Kier alpha value is -5.34. The van der Waals surface area contributed by atoms with Crippen molar-refractivity contribution in [3.05, 3.63) is 117 Å². The standard InChI is InChI=1S/C53H62ClN5O8/c1-7-33-23-35-27-52(48(61)65-6,44-38(17-21-58(28-33)29-35)37-15-9-10-16-41(37)56-44)40-25-39-42(26-43(40)64-5)57(4)46-51(39)19-22-59-20-12-18-50(8-2,45(51)59)47(67-32(3)60)53(46,63)31-55-49(62)66-30-34-13-11-14-36(54)24-34/h9-16,18,23-26,35,45-47,56,63H,7-8,17,19-22,27-31H2,1-6H3,(H,55,62)/t35-,45-,46+,47+,50+,51+,52-,53+/m0/s1. The van der Waals surface area contributed by atoms with Crippen molar-refractivity contribution in [2.24, 2.45) is 11.3 Å². The number of carbonyl (C=O) groups is 3. The van der Waals surface area contributed by atoms with Crippen LogP contribution in [0.4, 0.5) is 10.5 Å². The molecule has 1 aliphatic carbocycles. The molecule has 3 N–H and O–H groups in total. The Morgan fingerprint density at radius 3 is 2.58 bits per heavy atom. The highest BCUT2D eigenvalue weighted by Crippen LogP contribution is 2.68. The SMILES string of the molecule is CCC1=C[C@@H]2CN(CCc3c([nH]c4ccccc34)[C@@](C(=O)OC)(c3cc4c(cc3OC)N(C)[C@H]3[C@](O)(CNC(=O)OCc5cccc(Cl)c5)[C@H](OC(C)=O)[C@]5(CC)C=CCN6CC[C@]43[C@@H]65)C2)C1. The number of carbonyl (C=O) groups excluding carboxylic acids is 3. The molecule has 1 amide bonds. The summed E-state index contributed by atoms with van der Waals surface area (Å²) in [6.45, 7) is 9.24. The number of anilines is 1. The van der Waals surface area contributed by atoms with Crippen molar-refractivity contribution in [2.45, 2.75) is 94.1 Å². The van der Waals surface area contributed by atoms with E-state index in [1.165, 1.54) is 19.6 Å². The number of aromatic amines is 1. The average Bonchev–Trinajstić information content (AvgIpc) is 3.99. The first-order chi connectivity index (χ1) is 32.3. The Labute approximate surface area is 397 Å². The number of rotatable bonds is 10. The molecule has 1 saturated heterocycles. The quantitative estimate of drug-likeness (QED) is 0.0844. The highest BCUT2D eigenvalue weighted by molar-refractivity contribution is 6.30. The number of hydrogen-bond acceptors (Lipinski definition) is 11. The molecule has 13 nitrogen and oxygen atoms in total. The predicted octanol–water partition coefficient (Wildman–Crippen LogP) is 7.20. The van der Waals surface area contributed by atoms with E-state index in [2.05, 4.69) is 81.3 Å². The van der Waals surface area contributed by atoms with E-state index in [4.69, 9.17) is 30.5 Å². The largest absolute Gasteiger partial charge is 0.496 e. The Balaban J connectivity index is 1.19. The minimum Gasteiger partial charge on any atom is -0.496 e. The number of fused-ring (bicyclic) bond motifs is 6. The van der Waals surface area contributed by atoms with Crippen molar-refractivity contribution < 1.29 is 38.4 Å².